The number of aliphatic hydroxyl groups is 16. The lowest BCUT2D eigenvalue weighted by Crippen LogP contribution is -2.67. The summed E-state index contributed by atoms with van der Waals surface area (Å²) in [6.45, 7) is 13.4. The molecule has 0 aromatic rings. The van der Waals surface area contributed by atoms with Crippen molar-refractivity contribution in [1.29, 1.82) is 0 Å². The first-order valence-corrected chi connectivity index (χ1v) is 30.8. The Balaban J connectivity index is 0.862. The van der Waals surface area contributed by atoms with Gasteiger partial charge in [-0.1, -0.05) is 39.3 Å². The van der Waals surface area contributed by atoms with Crippen LogP contribution >= 0.6 is 0 Å². The molecule has 0 bridgehead atoms. The smallest absolute Gasteiger partial charge is 0.340 e. The Kier molecular flexibility index (Phi) is 21.0. The Bertz CT molecular complexity index is 2320. The van der Waals surface area contributed by atoms with E-state index in [2.05, 4.69) is 20.8 Å². The van der Waals surface area contributed by atoms with Crippen molar-refractivity contribution in [3.8, 4) is 0 Å². The summed E-state index contributed by atoms with van der Waals surface area (Å²) in [5, 5.41) is 176. The van der Waals surface area contributed by atoms with Gasteiger partial charge in [-0.3, -0.25) is 0 Å². The molecule has 34 atom stereocenters. The van der Waals surface area contributed by atoms with E-state index in [0.29, 0.717) is 44.9 Å². The quantitative estimate of drug-likeness (QED) is 0.0388. The normalized spacial score (nSPS) is 53.1. The molecule has 0 amide bonds. The molecule has 0 aromatic heterocycles. The zero-order valence-corrected chi connectivity index (χ0v) is 50.4. The van der Waals surface area contributed by atoms with Gasteiger partial charge in [0.05, 0.1) is 44.7 Å². The summed E-state index contributed by atoms with van der Waals surface area (Å²) in [7, 11) is 0. The second-order valence-corrected chi connectivity index (χ2v) is 27.7. The molecule has 0 radical (unpaired) electrons. The van der Waals surface area contributed by atoms with Crippen LogP contribution in [0.15, 0.2) is 11.6 Å². The fraction of sp³-hybridized carbons (Fsp3) is 0.949. The molecule has 9 rings (SSSR count). The molecular weight excluding hydrogens is 1140 g/mol. The van der Waals surface area contributed by atoms with Crippen LogP contribution in [0.4, 0.5) is 0 Å². The van der Waals surface area contributed by atoms with Gasteiger partial charge in [-0.2, -0.15) is 0 Å². The van der Waals surface area contributed by atoms with Gasteiger partial charge in [-0.05, 0) is 126 Å². The van der Waals surface area contributed by atoms with Gasteiger partial charge < -0.3 is 129 Å². The minimum absolute atomic E-state index is 0.00809. The number of carbonyl (C=O) groups excluding carboxylic acids is 1. The van der Waals surface area contributed by atoms with Crippen LogP contribution in [0.3, 0.4) is 0 Å². The van der Waals surface area contributed by atoms with Crippen molar-refractivity contribution < 1.29 is 134 Å². The summed E-state index contributed by atoms with van der Waals surface area (Å²) >= 11 is 0. The molecule has 0 spiro atoms. The lowest BCUT2D eigenvalue weighted by atomic mass is 9.35. The molecule has 16 N–H and O–H groups in total. The summed E-state index contributed by atoms with van der Waals surface area (Å²) in [5.41, 5.74) is -3.03. The monoisotopic (exact) mass is 1240 g/mol. The molecule has 5 saturated heterocycles. The summed E-state index contributed by atoms with van der Waals surface area (Å²) in [6, 6.07) is 0. The Morgan fingerprint density at radius 2 is 1.14 bits per heavy atom. The molecule has 5 aliphatic heterocycles. The number of fused-ring (bicyclic) bond motifs is 5. The molecule has 86 heavy (non-hydrogen) atoms. The van der Waals surface area contributed by atoms with Crippen molar-refractivity contribution in [2.24, 2.45) is 45.3 Å². The highest BCUT2D eigenvalue weighted by Crippen LogP contribution is 2.76. The second-order valence-electron chi connectivity index (χ2n) is 27.7. The number of allylic oxidation sites excluding steroid dienone is 2. The average Bonchev–Trinajstić information content (AvgIpc) is 1.20. The number of ether oxygens (including phenoxy) is 10. The number of hydrogen-bond donors (Lipinski definition) is 16. The molecule has 27 heteroatoms. The number of esters is 1. The van der Waals surface area contributed by atoms with E-state index in [1.165, 1.54) is 13.8 Å². The Labute approximate surface area is 500 Å². The minimum atomic E-state index is -2.04. The Morgan fingerprint density at radius 3 is 1.78 bits per heavy atom. The fourth-order valence-corrected chi connectivity index (χ4v) is 17.2. The van der Waals surface area contributed by atoms with Crippen LogP contribution in [0.2, 0.25) is 0 Å². The minimum Gasteiger partial charge on any atom is -0.431 e. The third-order valence-electron chi connectivity index (χ3n) is 22.6. The molecular formula is C59H98O27. The van der Waals surface area contributed by atoms with Gasteiger partial charge in [0.15, 0.2) is 30.8 Å². The number of carbonyl (C=O) groups is 1. The van der Waals surface area contributed by atoms with Gasteiger partial charge in [-0.25, -0.2) is 4.79 Å². The molecule has 0 aromatic carbocycles. The van der Waals surface area contributed by atoms with Crippen molar-refractivity contribution >= 4 is 5.97 Å². The Hall–Kier alpha value is -1.79. The van der Waals surface area contributed by atoms with Crippen LogP contribution in [0.1, 0.15) is 120 Å². The van der Waals surface area contributed by atoms with Gasteiger partial charge in [0.2, 0.25) is 6.29 Å². The average molecular weight is 1240 g/mol. The van der Waals surface area contributed by atoms with Crippen molar-refractivity contribution in [3.05, 3.63) is 11.6 Å². The van der Waals surface area contributed by atoms with Crippen molar-refractivity contribution in [2.75, 3.05) is 26.4 Å². The van der Waals surface area contributed by atoms with Crippen LogP contribution in [0.5, 0.6) is 0 Å². The third kappa shape index (κ3) is 12.0. The first kappa shape index (κ1) is 68.6. The van der Waals surface area contributed by atoms with Crippen molar-refractivity contribution in [3.63, 3.8) is 0 Å². The molecule has 496 valence electrons. The van der Waals surface area contributed by atoms with E-state index in [4.69, 9.17) is 47.4 Å². The van der Waals surface area contributed by atoms with E-state index < -0.39 is 196 Å². The maximum atomic E-state index is 14.5. The molecule has 27 nitrogen and oxygen atoms in total. The zero-order chi connectivity index (χ0) is 63.1. The first-order chi connectivity index (χ1) is 40.3. The highest BCUT2D eigenvalue weighted by molar-refractivity contribution is 5.80. The number of hydrogen-bond acceptors (Lipinski definition) is 27. The van der Waals surface area contributed by atoms with Crippen LogP contribution < -0.4 is 0 Å². The van der Waals surface area contributed by atoms with Gasteiger partial charge in [-0.15, -0.1) is 0 Å². The third-order valence-corrected chi connectivity index (χ3v) is 22.6. The highest BCUT2D eigenvalue weighted by atomic mass is 16.8. The predicted octanol–water partition coefficient (Wildman–Crippen LogP) is -3.18. The summed E-state index contributed by atoms with van der Waals surface area (Å²) < 4.78 is 58.9. The predicted molar refractivity (Wildman–Crippen MR) is 292 cm³/mol. The number of rotatable bonds is 17. The van der Waals surface area contributed by atoms with Gasteiger partial charge in [0.1, 0.15) is 104 Å². The molecule has 9 fully saturated rings. The lowest BCUT2D eigenvalue weighted by Gasteiger charge is -2.70. The van der Waals surface area contributed by atoms with Gasteiger partial charge >= 0.3 is 5.97 Å². The largest absolute Gasteiger partial charge is 0.431 e. The van der Waals surface area contributed by atoms with E-state index >= 15 is 0 Å². The van der Waals surface area contributed by atoms with E-state index in [1.54, 1.807) is 0 Å². The van der Waals surface area contributed by atoms with E-state index in [9.17, 15) is 86.5 Å². The van der Waals surface area contributed by atoms with Crippen LogP contribution in [0, 0.1) is 45.3 Å². The van der Waals surface area contributed by atoms with Gasteiger partial charge in [0, 0.05) is 11.3 Å². The van der Waals surface area contributed by atoms with Crippen LogP contribution in [-0.2, 0) is 52.2 Å². The molecule has 5 heterocycles. The summed E-state index contributed by atoms with van der Waals surface area (Å²) in [6.07, 6.45) is -32.3. The maximum absolute atomic E-state index is 14.5. The summed E-state index contributed by atoms with van der Waals surface area (Å²) in [5.74, 6) is -1.73. The molecule has 4 aliphatic carbocycles. The summed E-state index contributed by atoms with van der Waals surface area (Å²) in [4.78, 5) is 14.5. The van der Waals surface area contributed by atoms with Crippen molar-refractivity contribution in [1.82, 2.24) is 0 Å². The molecule has 4 saturated carbocycles. The van der Waals surface area contributed by atoms with E-state index in [0.717, 1.165) is 18.4 Å². The van der Waals surface area contributed by atoms with E-state index in [1.807, 2.05) is 26.8 Å². The van der Waals surface area contributed by atoms with Crippen LogP contribution in [0.25, 0.3) is 0 Å². The van der Waals surface area contributed by atoms with Crippen molar-refractivity contribution in [2.45, 2.75) is 279 Å². The van der Waals surface area contributed by atoms with E-state index in [-0.39, 0.29) is 47.0 Å². The Morgan fingerprint density at radius 1 is 0.570 bits per heavy atom. The topological polar surface area (TPSA) is 433 Å². The highest BCUT2D eigenvalue weighted by Gasteiger charge is 2.71. The fourth-order valence-electron chi connectivity index (χ4n) is 17.2. The standard InChI is InChI=1S/C59H98O27/c1-24(2)10-9-16-59(76,54(75)86-52-45(73)40(68)37(65)30(20-60)81-52)28-13-18-57(7)27(28)11-12-33-55(5)17-15-34(56(6,23-61)32(55)14-19-58(33,57)8)83-49-46(74)47(29(62)21-77-49)84-51-44(72)41(69)38(66)31(82-51)22-78-53-48(42(70)36(64)26(4)80-53)85-50-43(71)39(67)35(63)25(3)79-50/h10,25-53,60-74,76H,9,11-23H2,1-8H3/t25-,26-,27+,28-,29-,30+,31+,32+,33+,34-,35-,36-,37+,38+,39+,40-,41-,42+,43+,44+,45+,46+,47-,48+,49-,50-,51-,52-,53+,55-,56+,57+,58+,59-/m0/s1. The molecule has 9 aliphatic rings. The van der Waals surface area contributed by atoms with Gasteiger partial charge in [0.25, 0.3) is 0 Å². The SMILES string of the molecule is CC(C)=CCC[C@@](O)(C(=O)O[C@@H]1O[C@H](CO)[C@@H](O)[C@H](O)[C@H]1O)[C@H]1CC[C@]2(C)[C@@H]1CC[C@@H]1[C@@]3(C)CC[C@H](O[C@@H]4OC[C@H](O)[C@H](O[C@@H]5O[C@H](CO[C@@H]6O[C@@H](C)[C@H](O)[C@@H](O)[C@H]6O[C@@H]6O[C@@H](C)[C@H](O)[C@@H](O)[C@H]6O)[C@@H](O)[C@H](O)[C@H]5O)[C@H]4O)[C@](C)(CO)[C@@H]3CC[C@]12C. The number of aliphatic hydroxyl groups excluding tert-OH is 15. The van der Waals surface area contributed by atoms with Crippen LogP contribution in [-0.4, -0.2) is 273 Å². The first-order valence-electron chi connectivity index (χ1n) is 30.8. The molecule has 0 unspecified atom stereocenters. The maximum Gasteiger partial charge on any atom is 0.340 e. The zero-order valence-electron chi connectivity index (χ0n) is 50.4. The second kappa shape index (κ2) is 26.3. The lowest BCUT2D eigenvalue weighted by molar-refractivity contribution is -0.375.